The van der Waals surface area contributed by atoms with Gasteiger partial charge in [0.1, 0.15) is 11.4 Å². The Morgan fingerprint density at radius 1 is 1.52 bits per heavy atom. The number of carbonyl (C=O) groups excluding carboxylic acids is 1. The Morgan fingerprint density at radius 3 is 2.86 bits per heavy atom. The smallest absolute Gasteiger partial charge is 0.416 e. The molecule has 0 aliphatic carbocycles. The fourth-order valence-electron chi connectivity index (χ4n) is 2.24. The van der Waals surface area contributed by atoms with E-state index in [2.05, 4.69) is 4.98 Å². The Hall–Kier alpha value is -1.62. The molecule has 0 saturated carbocycles. The summed E-state index contributed by atoms with van der Waals surface area (Å²) in [6.45, 7) is 8.79. The number of aryl methyl sites for hydroxylation is 1. The summed E-state index contributed by atoms with van der Waals surface area (Å²) in [7, 11) is 0. The highest BCUT2D eigenvalue weighted by molar-refractivity contribution is 5.86. The molecule has 116 valence electrons. The summed E-state index contributed by atoms with van der Waals surface area (Å²) >= 11 is 0. The van der Waals surface area contributed by atoms with Gasteiger partial charge in [0.25, 0.3) is 0 Å². The first kappa shape index (κ1) is 15.8. The third-order valence-electron chi connectivity index (χ3n) is 3.20. The predicted molar refractivity (Wildman–Crippen MR) is 81.5 cm³/mol. The summed E-state index contributed by atoms with van der Waals surface area (Å²) < 4.78 is 11.1. The maximum Gasteiger partial charge on any atom is 0.416 e. The molecular formula is C16H24N2O3. The van der Waals surface area contributed by atoms with E-state index < -0.39 is 5.60 Å². The Morgan fingerprint density at radius 2 is 2.29 bits per heavy atom. The molecule has 0 bridgehead atoms. The second-order valence-electron chi connectivity index (χ2n) is 6.42. The van der Waals surface area contributed by atoms with Crippen LogP contribution < -0.4 is 4.90 Å². The zero-order valence-corrected chi connectivity index (χ0v) is 13.3. The SMILES string of the molecule is Cc1ccnc(N(C[C@H]2CCCO2)C(=O)OC(C)(C)C)c1. The van der Waals surface area contributed by atoms with E-state index in [1.54, 1.807) is 11.1 Å². The number of hydrogen-bond acceptors (Lipinski definition) is 4. The van der Waals surface area contributed by atoms with Crippen LogP contribution in [0.3, 0.4) is 0 Å². The van der Waals surface area contributed by atoms with Crippen LogP contribution in [-0.2, 0) is 9.47 Å². The van der Waals surface area contributed by atoms with Crippen molar-refractivity contribution in [3.63, 3.8) is 0 Å². The van der Waals surface area contributed by atoms with Crippen molar-refractivity contribution in [3.8, 4) is 0 Å². The van der Waals surface area contributed by atoms with Crippen molar-refractivity contribution in [2.45, 2.75) is 52.2 Å². The second-order valence-corrected chi connectivity index (χ2v) is 6.42. The Balaban J connectivity index is 2.18. The number of nitrogens with zero attached hydrogens (tertiary/aromatic N) is 2. The molecule has 1 atom stereocenters. The van der Waals surface area contributed by atoms with Crippen molar-refractivity contribution in [2.75, 3.05) is 18.1 Å². The third-order valence-corrected chi connectivity index (χ3v) is 3.20. The molecular weight excluding hydrogens is 268 g/mol. The molecule has 1 aliphatic heterocycles. The normalized spacial score (nSPS) is 18.6. The van der Waals surface area contributed by atoms with Gasteiger partial charge in [0.15, 0.2) is 0 Å². The molecule has 5 heteroatoms. The van der Waals surface area contributed by atoms with Gasteiger partial charge in [-0.05, 0) is 58.2 Å². The van der Waals surface area contributed by atoms with Gasteiger partial charge in [-0.1, -0.05) is 0 Å². The lowest BCUT2D eigenvalue weighted by Crippen LogP contribution is -2.41. The first-order valence-electron chi connectivity index (χ1n) is 7.40. The molecule has 1 aliphatic rings. The molecule has 1 fully saturated rings. The Bertz CT molecular complexity index is 491. The lowest BCUT2D eigenvalue weighted by molar-refractivity contribution is 0.0537. The average molecular weight is 292 g/mol. The van der Waals surface area contributed by atoms with Crippen LogP contribution in [0.25, 0.3) is 0 Å². The van der Waals surface area contributed by atoms with Gasteiger partial charge in [-0.15, -0.1) is 0 Å². The molecule has 1 amide bonds. The van der Waals surface area contributed by atoms with Gasteiger partial charge < -0.3 is 9.47 Å². The van der Waals surface area contributed by atoms with Gasteiger partial charge in [0.05, 0.1) is 12.6 Å². The lowest BCUT2D eigenvalue weighted by Gasteiger charge is -2.28. The van der Waals surface area contributed by atoms with E-state index in [0.717, 1.165) is 25.0 Å². The van der Waals surface area contributed by atoms with Crippen molar-refractivity contribution in [2.24, 2.45) is 0 Å². The highest BCUT2D eigenvalue weighted by Crippen LogP contribution is 2.21. The molecule has 21 heavy (non-hydrogen) atoms. The van der Waals surface area contributed by atoms with Crippen molar-refractivity contribution < 1.29 is 14.3 Å². The number of rotatable bonds is 3. The van der Waals surface area contributed by atoms with Crippen molar-refractivity contribution in [1.29, 1.82) is 0 Å². The fourth-order valence-corrected chi connectivity index (χ4v) is 2.24. The molecule has 0 N–H and O–H groups in total. The van der Waals surface area contributed by atoms with Crippen molar-refractivity contribution in [1.82, 2.24) is 4.98 Å². The molecule has 1 aromatic heterocycles. The van der Waals surface area contributed by atoms with Crippen molar-refractivity contribution in [3.05, 3.63) is 23.9 Å². The third kappa shape index (κ3) is 4.70. The highest BCUT2D eigenvalue weighted by atomic mass is 16.6. The van der Waals surface area contributed by atoms with E-state index in [0.29, 0.717) is 12.4 Å². The molecule has 2 rings (SSSR count). The Labute approximate surface area is 126 Å². The maximum absolute atomic E-state index is 12.5. The van der Waals surface area contributed by atoms with Gasteiger partial charge in [-0.3, -0.25) is 4.90 Å². The van der Waals surface area contributed by atoms with Crippen LogP contribution in [0.5, 0.6) is 0 Å². The quantitative estimate of drug-likeness (QED) is 0.857. The summed E-state index contributed by atoms with van der Waals surface area (Å²) in [5.41, 5.74) is 0.524. The number of ether oxygens (including phenoxy) is 2. The first-order chi connectivity index (χ1) is 9.85. The van der Waals surface area contributed by atoms with E-state index in [-0.39, 0.29) is 12.2 Å². The molecule has 0 unspecified atom stereocenters. The van der Waals surface area contributed by atoms with Crippen LogP contribution in [0.15, 0.2) is 18.3 Å². The predicted octanol–water partition coefficient (Wildman–Crippen LogP) is 3.31. The zero-order valence-electron chi connectivity index (χ0n) is 13.3. The molecule has 5 nitrogen and oxygen atoms in total. The lowest BCUT2D eigenvalue weighted by atomic mass is 10.2. The van der Waals surface area contributed by atoms with Gasteiger partial charge in [-0.2, -0.15) is 0 Å². The zero-order chi connectivity index (χ0) is 15.5. The van der Waals surface area contributed by atoms with E-state index in [9.17, 15) is 4.79 Å². The van der Waals surface area contributed by atoms with Crippen LogP contribution in [0.1, 0.15) is 39.2 Å². The summed E-state index contributed by atoms with van der Waals surface area (Å²) in [6, 6.07) is 3.79. The van der Waals surface area contributed by atoms with Gasteiger partial charge in [-0.25, -0.2) is 9.78 Å². The first-order valence-corrected chi connectivity index (χ1v) is 7.40. The minimum absolute atomic E-state index is 0.0554. The van der Waals surface area contributed by atoms with Crippen LogP contribution in [0, 0.1) is 6.92 Å². The molecule has 1 saturated heterocycles. The van der Waals surface area contributed by atoms with Gasteiger partial charge >= 0.3 is 6.09 Å². The largest absolute Gasteiger partial charge is 0.443 e. The summed E-state index contributed by atoms with van der Waals surface area (Å²) in [6.07, 6.45) is 3.38. The number of carbonyl (C=O) groups is 1. The molecule has 0 radical (unpaired) electrons. The number of hydrogen-bond donors (Lipinski definition) is 0. The van der Waals surface area contributed by atoms with Crippen LogP contribution >= 0.6 is 0 Å². The maximum atomic E-state index is 12.5. The van der Waals surface area contributed by atoms with E-state index >= 15 is 0 Å². The minimum atomic E-state index is -0.532. The Kier molecular flexibility index (Phi) is 4.83. The highest BCUT2D eigenvalue weighted by Gasteiger charge is 2.28. The van der Waals surface area contributed by atoms with Crippen LogP contribution in [0.2, 0.25) is 0 Å². The number of aromatic nitrogens is 1. The average Bonchev–Trinajstić information content (AvgIpc) is 2.86. The molecule has 2 heterocycles. The summed E-state index contributed by atoms with van der Waals surface area (Å²) in [4.78, 5) is 18.3. The van der Waals surface area contributed by atoms with Gasteiger partial charge in [0.2, 0.25) is 0 Å². The van der Waals surface area contributed by atoms with E-state index in [4.69, 9.17) is 9.47 Å². The molecule has 1 aromatic rings. The molecule has 0 aromatic carbocycles. The van der Waals surface area contributed by atoms with Crippen LogP contribution in [-0.4, -0.2) is 35.9 Å². The standard InChI is InChI=1S/C16H24N2O3/c1-12-7-8-17-14(10-12)18(11-13-6-5-9-20-13)15(19)21-16(2,3)4/h7-8,10,13H,5-6,9,11H2,1-4H3/t13-/m1/s1. The van der Waals surface area contributed by atoms with Gasteiger partial charge in [0, 0.05) is 12.8 Å². The number of pyridine rings is 1. The minimum Gasteiger partial charge on any atom is -0.443 e. The summed E-state index contributed by atoms with van der Waals surface area (Å²) in [5.74, 6) is 0.611. The van der Waals surface area contributed by atoms with Crippen molar-refractivity contribution >= 4 is 11.9 Å². The monoisotopic (exact) mass is 292 g/mol. The molecule has 0 spiro atoms. The number of amides is 1. The summed E-state index contributed by atoms with van der Waals surface area (Å²) in [5, 5.41) is 0. The van der Waals surface area contributed by atoms with Crippen LogP contribution in [0.4, 0.5) is 10.6 Å². The second kappa shape index (κ2) is 6.43. The number of anilines is 1. The topological polar surface area (TPSA) is 51.7 Å². The van der Waals surface area contributed by atoms with E-state index in [1.165, 1.54) is 0 Å². The van der Waals surface area contributed by atoms with E-state index in [1.807, 2.05) is 39.8 Å². The fraction of sp³-hybridized carbons (Fsp3) is 0.625.